The van der Waals surface area contributed by atoms with Crippen LogP contribution in [0, 0.1) is 6.92 Å². The number of fused-ring (bicyclic) bond motifs is 1. The molecule has 1 aromatic carbocycles. The van der Waals surface area contributed by atoms with E-state index in [0.29, 0.717) is 6.42 Å². The monoisotopic (exact) mass is 283 g/mol. The van der Waals surface area contributed by atoms with Gasteiger partial charge in [-0.25, -0.2) is 0 Å². The highest BCUT2D eigenvalue weighted by molar-refractivity contribution is 5.93. The minimum absolute atomic E-state index is 0.0737. The number of carbonyl (C=O) groups excluding carboxylic acids is 1. The van der Waals surface area contributed by atoms with Crippen molar-refractivity contribution in [3.05, 3.63) is 47.2 Å². The van der Waals surface area contributed by atoms with Gasteiger partial charge in [0.05, 0.1) is 0 Å². The molecular formula is C17H21N3O. The Balaban J connectivity index is 1.95. The number of anilines is 1. The molecule has 21 heavy (non-hydrogen) atoms. The number of amides is 1. The first kappa shape index (κ1) is 13.9. The van der Waals surface area contributed by atoms with E-state index >= 15 is 0 Å². The van der Waals surface area contributed by atoms with E-state index in [0.717, 1.165) is 25.2 Å². The fourth-order valence-corrected chi connectivity index (χ4v) is 3.15. The number of benzene rings is 1. The summed E-state index contributed by atoms with van der Waals surface area (Å²) in [7, 11) is 0. The van der Waals surface area contributed by atoms with Crippen LogP contribution in [0.25, 0.3) is 0 Å². The van der Waals surface area contributed by atoms with Crippen molar-refractivity contribution in [1.82, 2.24) is 9.78 Å². The second-order valence-corrected chi connectivity index (χ2v) is 5.71. The SMILES string of the molecule is CCCn1nc2c(c1C)[C@H](Cc1ccccc1)CC(=O)N2. The first-order valence-electron chi connectivity index (χ1n) is 7.60. The van der Waals surface area contributed by atoms with Gasteiger partial charge in [0.1, 0.15) is 0 Å². The number of hydrogen-bond acceptors (Lipinski definition) is 2. The highest BCUT2D eigenvalue weighted by Gasteiger charge is 2.30. The lowest BCUT2D eigenvalue weighted by atomic mass is 9.86. The van der Waals surface area contributed by atoms with Gasteiger partial charge in [-0.2, -0.15) is 5.10 Å². The van der Waals surface area contributed by atoms with Crippen LogP contribution in [0.4, 0.5) is 5.82 Å². The number of nitrogens with zero attached hydrogens (tertiary/aromatic N) is 2. The third kappa shape index (κ3) is 2.71. The Kier molecular flexibility index (Phi) is 3.78. The number of hydrogen-bond donors (Lipinski definition) is 1. The molecule has 0 saturated heterocycles. The predicted molar refractivity (Wildman–Crippen MR) is 83.4 cm³/mol. The van der Waals surface area contributed by atoms with Gasteiger partial charge in [-0.05, 0) is 25.3 Å². The van der Waals surface area contributed by atoms with Crippen LogP contribution in [0.3, 0.4) is 0 Å². The fraction of sp³-hybridized carbons (Fsp3) is 0.412. The summed E-state index contributed by atoms with van der Waals surface area (Å²) in [6.45, 7) is 5.14. The molecule has 0 saturated carbocycles. The zero-order valence-corrected chi connectivity index (χ0v) is 12.6. The molecule has 0 spiro atoms. The fourth-order valence-electron chi connectivity index (χ4n) is 3.15. The minimum atomic E-state index is 0.0737. The topological polar surface area (TPSA) is 46.9 Å². The summed E-state index contributed by atoms with van der Waals surface area (Å²) in [5.41, 5.74) is 3.67. The smallest absolute Gasteiger partial charge is 0.226 e. The average Bonchev–Trinajstić information content (AvgIpc) is 2.77. The molecule has 0 radical (unpaired) electrons. The van der Waals surface area contributed by atoms with Crippen LogP contribution in [-0.4, -0.2) is 15.7 Å². The first-order valence-corrected chi connectivity index (χ1v) is 7.60. The molecule has 3 rings (SSSR count). The van der Waals surface area contributed by atoms with Crippen molar-refractivity contribution < 1.29 is 4.79 Å². The molecule has 0 bridgehead atoms. The largest absolute Gasteiger partial charge is 0.309 e. The van der Waals surface area contributed by atoms with Gasteiger partial charge in [0.2, 0.25) is 5.91 Å². The van der Waals surface area contributed by atoms with Crippen molar-refractivity contribution in [2.45, 2.75) is 45.6 Å². The summed E-state index contributed by atoms with van der Waals surface area (Å²) in [6, 6.07) is 10.4. The number of rotatable bonds is 4. The van der Waals surface area contributed by atoms with E-state index in [1.807, 2.05) is 22.9 Å². The molecule has 1 aromatic heterocycles. The second kappa shape index (κ2) is 5.72. The van der Waals surface area contributed by atoms with Crippen LogP contribution in [0.15, 0.2) is 30.3 Å². The van der Waals surface area contributed by atoms with Crippen molar-refractivity contribution in [2.75, 3.05) is 5.32 Å². The summed E-state index contributed by atoms with van der Waals surface area (Å²) in [5, 5.41) is 7.49. The highest BCUT2D eigenvalue weighted by atomic mass is 16.1. The molecule has 0 fully saturated rings. The Morgan fingerprint density at radius 2 is 2.10 bits per heavy atom. The molecule has 2 aromatic rings. The van der Waals surface area contributed by atoms with Crippen LogP contribution in [-0.2, 0) is 17.8 Å². The first-order chi connectivity index (χ1) is 10.2. The lowest BCUT2D eigenvalue weighted by Crippen LogP contribution is -2.24. The van der Waals surface area contributed by atoms with E-state index in [2.05, 4.69) is 36.4 Å². The zero-order valence-electron chi connectivity index (χ0n) is 12.6. The zero-order chi connectivity index (χ0) is 14.8. The summed E-state index contributed by atoms with van der Waals surface area (Å²) in [4.78, 5) is 11.9. The van der Waals surface area contributed by atoms with Crippen LogP contribution in [0.2, 0.25) is 0 Å². The number of carbonyl (C=O) groups is 1. The van der Waals surface area contributed by atoms with Crippen molar-refractivity contribution in [3.8, 4) is 0 Å². The average molecular weight is 283 g/mol. The third-order valence-electron chi connectivity index (χ3n) is 4.11. The van der Waals surface area contributed by atoms with Gasteiger partial charge in [0.15, 0.2) is 5.82 Å². The van der Waals surface area contributed by atoms with Gasteiger partial charge >= 0.3 is 0 Å². The Bertz CT molecular complexity index is 646. The molecule has 1 aliphatic rings. The van der Waals surface area contributed by atoms with Gasteiger partial charge in [0, 0.05) is 30.1 Å². The van der Waals surface area contributed by atoms with Gasteiger partial charge in [-0.1, -0.05) is 37.3 Å². The van der Waals surface area contributed by atoms with E-state index in [4.69, 9.17) is 0 Å². The van der Waals surface area contributed by atoms with Gasteiger partial charge in [-0.3, -0.25) is 9.48 Å². The molecule has 1 atom stereocenters. The summed E-state index contributed by atoms with van der Waals surface area (Å²) in [6.07, 6.45) is 2.47. The molecule has 0 unspecified atom stereocenters. The third-order valence-corrected chi connectivity index (χ3v) is 4.11. The van der Waals surface area contributed by atoms with Crippen molar-refractivity contribution >= 4 is 11.7 Å². The van der Waals surface area contributed by atoms with Gasteiger partial charge < -0.3 is 5.32 Å². The van der Waals surface area contributed by atoms with Gasteiger partial charge in [0.25, 0.3) is 0 Å². The molecule has 4 heteroatoms. The lowest BCUT2D eigenvalue weighted by molar-refractivity contribution is -0.116. The highest BCUT2D eigenvalue weighted by Crippen LogP contribution is 2.36. The molecule has 110 valence electrons. The van der Waals surface area contributed by atoms with E-state index in [1.54, 1.807) is 0 Å². The standard InChI is InChI=1S/C17H21N3O/c1-3-9-20-12(2)16-14(10-13-7-5-4-6-8-13)11-15(21)18-17(16)19-20/h4-8,14H,3,9-11H2,1-2H3,(H,18,19,21)/t14-/m1/s1. The molecule has 0 aliphatic carbocycles. The second-order valence-electron chi connectivity index (χ2n) is 5.71. The predicted octanol–water partition coefficient (Wildman–Crippen LogP) is 3.27. The van der Waals surface area contributed by atoms with Crippen molar-refractivity contribution in [3.63, 3.8) is 0 Å². The maximum Gasteiger partial charge on any atom is 0.226 e. The number of nitrogens with one attached hydrogen (secondary N) is 1. The lowest BCUT2D eigenvalue weighted by Gasteiger charge is -2.22. The number of aromatic nitrogens is 2. The Hall–Kier alpha value is -2.10. The van der Waals surface area contributed by atoms with Crippen molar-refractivity contribution in [1.29, 1.82) is 0 Å². The molecule has 2 heterocycles. The van der Waals surface area contributed by atoms with E-state index in [-0.39, 0.29) is 11.8 Å². The molecule has 1 amide bonds. The molecular weight excluding hydrogens is 262 g/mol. The quantitative estimate of drug-likeness (QED) is 0.936. The minimum Gasteiger partial charge on any atom is -0.309 e. The maximum atomic E-state index is 11.9. The van der Waals surface area contributed by atoms with Crippen LogP contribution in [0.1, 0.15) is 42.5 Å². The molecule has 1 aliphatic heterocycles. The Morgan fingerprint density at radius 3 is 2.81 bits per heavy atom. The maximum absolute atomic E-state index is 11.9. The van der Waals surface area contributed by atoms with E-state index in [9.17, 15) is 4.79 Å². The summed E-state index contributed by atoms with van der Waals surface area (Å²) in [5.74, 6) is 1.06. The number of aryl methyl sites for hydroxylation is 1. The van der Waals surface area contributed by atoms with Crippen molar-refractivity contribution in [2.24, 2.45) is 0 Å². The van der Waals surface area contributed by atoms with E-state index in [1.165, 1.54) is 16.8 Å². The Labute approximate surface area is 125 Å². The normalized spacial score (nSPS) is 17.4. The van der Waals surface area contributed by atoms with Crippen LogP contribution in [0.5, 0.6) is 0 Å². The summed E-state index contributed by atoms with van der Waals surface area (Å²) >= 11 is 0. The Morgan fingerprint density at radius 1 is 1.33 bits per heavy atom. The van der Waals surface area contributed by atoms with E-state index < -0.39 is 0 Å². The summed E-state index contributed by atoms with van der Waals surface area (Å²) < 4.78 is 2.02. The molecule has 4 nitrogen and oxygen atoms in total. The van der Waals surface area contributed by atoms with Crippen LogP contribution < -0.4 is 5.32 Å². The van der Waals surface area contributed by atoms with Gasteiger partial charge in [-0.15, -0.1) is 0 Å². The molecule has 1 N–H and O–H groups in total. The van der Waals surface area contributed by atoms with Crippen LogP contribution >= 0.6 is 0 Å².